The molecule has 26 heavy (non-hydrogen) atoms. The van der Waals surface area contributed by atoms with Gasteiger partial charge in [0.2, 0.25) is 0 Å². The maximum absolute atomic E-state index is 4.87. The molecule has 0 spiro atoms. The highest BCUT2D eigenvalue weighted by molar-refractivity contribution is 5.63. The highest BCUT2D eigenvalue weighted by Gasteiger charge is 2.28. The average Bonchev–Trinajstić information content (AvgIpc) is 2.61. The number of unbranched alkanes of at least 4 members (excludes halogenated alkanes) is 2. The molecule has 0 saturated carbocycles. The van der Waals surface area contributed by atoms with Crippen LogP contribution in [0.4, 0.5) is 5.69 Å². The van der Waals surface area contributed by atoms with Crippen molar-refractivity contribution in [1.82, 2.24) is 10.3 Å². The van der Waals surface area contributed by atoms with Crippen molar-refractivity contribution in [3.05, 3.63) is 30.1 Å². The van der Waals surface area contributed by atoms with Gasteiger partial charge in [-0.1, -0.05) is 53.5 Å². The molecule has 1 aliphatic heterocycles. The molecule has 2 heterocycles. The fourth-order valence-electron chi connectivity index (χ4n) is 4.02. The molecule has 3 nitrogen and oxygen atoms in total. The summed E-state index contributed by atoms with van der Waals surface area (Å²) in [5.41, 5.74) is 4.50. The summed E-state index contributed by atoms with van der Waals surface area (Å²) < 4.78 is 0. The van der Waals surface area contributed by atoms with Crippen molar-refractivity contribution in [2.75, 3.05) is 18.0 Å². The number of nitrogens with zero attached hydrogens (tertiary/aromatic N) is 2. The van der Waals surface area contributed by atoms with Crippen molar-refractivity contribution in [3.8, 4) is 0 Å². The Kier molecular flexibility index (Phi) is 7.55. The summed E-state index contributed by atoms with van der Waals surface area (Å²) in [5.74, 6) is 0.851. The van der Waals surface area contributed by atoms with Gasteiger partial charge >= 0.3 is 0 Å². The van der Waals surface area contributed by atoms with Crippen LogP contribution in [0, 0.1) is 12.8 Å². The second-order valence-corrected chi connectivity index (χ2v) is 8.03. The Morgan fingerprint density at radius 3 is 2.42 bits per heavy atom. The molecule has 0 aliphatic carbocycles. The molecule has 1 N–H and O–H groups in total. The summed E-state index contributed by atoms with van der Waals surface area (Å²) in [7, 11) is 0. The highest BCUT2D eigenvalue weighted by atomic mass is 15.2. The van der Waals surface area contributed by atoms with Crippen molar-refractivity contribution in [2.45, 2.75) is 85.1 Å². The third-order valence-electron chi connectivity index (χ3n) is 6.27. The van der Waals surface area contributed by atoms with Gasteiger partial charge in [-0.3, -0.25) is 0 Å². The number of nitrogens with one attached hydrogen (secondary N) is 1. The van der Waals surface area contributed by atoms with E-state index in [2.05, 4.69) is 63.5 Å². The monoisotopic (exact) mass is 357 g/mol. The highest BCUT2D eigenvalue weighted by Crippen LogP contribution is 2.30. The summed E-state index contributed by atoms with van der Waals surface area (Å²) in [6.45, 7) is 17.9. The molecule has 3 heteroatoms. The lowest BCUT2D eigenvalue weighted by Gasteiger charge is -2.41. The van der Waals surface area contributed by atoms with Gasteiger partial charge in [0.05, 0.1) is 22.8 Å². The first-order chi connectivity index (χ1) is 12.5. The molecule has 1 fully saturated rings. The summed E-state index contributed by atoms with van der Waals surface area (Å²) in [5, 5.41) is 3.75. The molecule has 0 atom stereocenters. The van der Waals surface area contributed by atoms with Gasteiger partial charge < -0.3 is 10.2 Å². The van der Waals surface area contributed by atoms with Crippen LogP contribution in [-0.2, 0) is 0 Å². The Morgan fingerprint density at radius 2 is 1.88 bits per heavy atom. The van der Waals surface area contributed by atoms with Crippen LogP contribution < -0.4 is 10.2 Å². The smallest absolute Gasteiger partial charge is 0.0859 e. The molecule has 0 amide bonds. The predicted octanol–water partition coefficient (Wildman–Crippen LogP) is 5.94. The van der Waals surface area contributed by atoms with Gasteiger partial charge in [0.15, 0.2) is 0 Å². The van der Waals surface area contributed by atoms with Crippen LogP contribution in [-0.4, -0.2) is 23.6 Å². The van der Waals surface area contributed by atoms with E-state index in [-0.39, 0.29) is 5.54 Å². The molecule has 2 rings (SSSR count). The van der Waals surface area contributed by atoms with E-state index in [0.29, 0.717) is 0 Å². The molecule has 1 saturated heterocycles. The van der Waals surface area contributed by atoms with Crippen LogP contribution in [0.15, 0.2) is 18.7 Å². The minimum Gasteiger partial charge on any atom is -0.378 e. The van der Waals surface area contributed by atoms with Crippen molar-refractivity contribution in [1.29, 1.82) is 0 Å². The third-order valence-corrected chi connectivity index (χ3v) is 6.27. The number of aryl methyl sites for hydroxylation is 1. The van der Waals surface area contributed by atoms with Crippen molar-refractivity contribution in [2.24, 2.45) is 5.92 Å². The quantitative estimate of drug-likeness (QED) is 0.497. The molecule has 0 unspecified atom stereocenters. The first-order valence-corrected chi connectivity index (χ1v) is 10.7. The fourth-order valence-corrected chi connectivity index (χ4v) is 4.02. The number of aromatic nitrogens is 1. The van der Waals surface area contributed by atoms with Crippen molar-refractivity contribution >= 4 is 11.4 Å². The van der Waals surface area contributed by atoms with Gasteiger partial charge in [0.1, 0.15) is 0 Å². The first-order valence-electron chi connectivity index (χ1n) is 10.7. The number of hydrogen-bond acceptors (Lipinski definition) is 3. The van der Waals surface area contributed by atoms with Crippen molar-refractivity contribution < 1.29 is 0 Å². The van der Waals surface area contributed by atoms with Gasteiger partial charge in [0.25, 0.3) is 0 Å². The van der Waals surface area contributed by atoms with E-state index in [1.807, 2.05) is 0 Å². The molecule has 1 aliphatic rings. The number of hydrogen-bond donors (Lipinski definition) is 1. The molecule has 0 bridgehead atoms. The first kappa shape index (κ1) is 20.8. The molecular weight excluding hydrogens is 318 g/mol. The molecule has 1 aromatic heterocycles. The number of rotatable bonds is 11. The maximum Gasteiger partial charge on any atom is 0.0859 e. The molecule has 1 aromatic rings. The Bertz CT molecular complexity index is 583. The zero-order valence-corrected chi connectivity index (χ0v) is 17.7. The topological polar surface area (TPSA) is 28.2 Å². The predicted molar refractivity (Wildman–Crippen MR) is 115 cm³/mol. The second kappa shape index (κ2) is 9.43. The molecule has 0 aromatic carbocycles. The summed E-state index contributed by atoms with van der Waals surface area (Å²) in [6, 6.07) is 4.37. The van der Waals surface area contributed by atoms with E-state index in [1.165, 1.54) is 50.9 Å². The molecule has 0 radical (unpaired) electrons. The van der Waals surface area contributed by atoms with E-state index in [1.54, 1.807) is 0 Å². The summed E-state index contributed by atoms with van der Waals surface area (Å²) in [4.78, 5) is 7.32. The maximum atomic E-state index is 4.87. The van der Waals surface area contributed by atoms with Crippen LogP contribution in [0.1, 0.15) is 84.0 Å². The van der Waals surface area contributed by atoms with E-state index < -0.39 is 0 Å². The zero-order chi connectivity index (χ0) is 19.2. The van der Waals surface area contributed by atoms with E-state index in [4.69, 9.17) is 4.98 Å². The lowest BCUT2D eigenvalue weighted by Crippen LogP contribution is -2.46. The van der Waals surface area contributed by atoms with E-state index in [0.717, 1.165) is 35.8 Å². The summed E-state index contributed by atoms with van der Waals surface area (Å²) in [6.07, 6.45) is 8.56. The zero-order valence-electron chi connectivity index (χ0n) is 17.7. The fraction of sp³-hybridized carbons (Fsp3) is 0.696. The van der Waals surface area contributed by atoms with Crippen molar-refractivity contribution in [3.63, 3.8) is 0 Å². The Morgan fingerprint density at radius 1 is 1.19 bits per heavy atom. The lowest BCUT2D eigenvalue weighted by atomic mass is 9.86. The van der Waals surface area contributed by atoms with Gasteiger partial charge in [0, 0.05) is 18.6 Å². The van der Waals surface area contributed by atoms with Crippen LogP contribution >= 0.6 is 0 Å². The minimum absolute atomic E-state index is 0.145. The SMILES string of the molecule is C=C(NC(CC)(CC)CCCCC)c1ccc(N2CC(CC)C2)c(C)n1. The Balaban J connectivity index is 2.05. The van der Waals surface area contributed by atoms with E-state index in [9.17, 15) is 0 Å². The molecule has 146 valence electrons. The Labute approximate surface area is 161 Å². The third kappa shape index (κ3) is 4.81. The van der Waals surface area contributed by atoms with Crippen LogP contribution in [0.5, 0.6) is 0 Å². The standard InChI is InChI=1S/C23H39N3/c1-7-11-12-15-23(9-3,10-4)25-18(5)21-13-14-22(19(6)24-21)26-16-20(8-2)17-26/h13-14,20,25H,5,7-12,15-17H2,1-4,6H3. The van der Waals surface area contributed by atoms with Crippen LogP contribution in [0.3, 0.4) is 0 Å². The second-order valence-electron chi connectivity index (χ2n) is 8.03. The Hall–Kier alpha value is -1.51. The van der Waals surface area contributed by atoms with Gasteiger partial charge in [-0.25, -0.2) is 4.98 Å². The average molecular weight is 358 g/mol. The summed E-state index contributed by atoms with van der Waals surface area (Å²) >= 11 is 0. The van der Waals surface area contributed by atoms with Gasteiger partial charge in [-0.05, 0) is 50.7 Å². The van der Waals surface area contributed by atoms with Crippen LogP contribution in [0.25, 0.3) is 5.70 Å². The normalized spacial score (nSPS) is 15.0. The number of pyridine rings is 1. The van der Waals surface area contributed by atoms with Gasteiger partial charge in [-0.15, -0.1) is 0 Å². The van der Waals surface area contributed by atoms with Gasteiger partial charge in [-0.2, -0.15) is 0 Å². The minimum atomic E-state index is 0.145. The number of anilines is 1. The molecular formula is C23H39N3. The van der Waals surface area contributed by atoms with E-state index >= 15 is 0 Å². The van der Waals surface area contributed by atoms with Crippen LogP contribution in [0.2, 0.25) is 0 Å². The largest absolute Gasteiger partial charge is 0.378 e. The lowest BCUT2D eigenvalue weighted by molar-refractivity contribution is 0.309.